The van der Waals surface area contributed by atoms with E-state index in [4.69, 9.17) is 5.73 Å². The van der Waals surface area contributed by atoms with E-state index in [1.807, 2.05) is 24.6 Å². The minimum atomic E-state index is -0.538. The van der Waals surface area contributed by atoms with Gasteiger partial charge in [0.2, 0.25) is 0 Å². The fourth-order valence-corrected chi connectivity index (χ4v) is 2.77. The number of aryl methyl sites for hydroxylation is 1. The third-order valence-electron chi connectivity index (χ3n) is 4.22. The van der Waals surface area contributed by atoms with E-state index in [1.165, 1.54) is 12.1 Å². The van der Waals surface area contributed by atoms with Crippen molar-refractivity contribution in [2.45, 2.75) is 26.9 Å². The van der Waals surface area contributed by atoms with E-state index in [2.05, 4.69) is 15.4 Å². The topological polar surface area (TPSA) is 85.8 Å². The molecule has 7 heteroatoms. The zero-order valence-electron chi connectivity index (χ0n) is 14.7. The first-order valence-corrected chi connectivity index (χ1v) is 8.22. The summed E-state index contributed by atoms with van der Waals surface area (Å²) in [6.07, 6.45) is 1.63. The number of hydrogen-bond acceptors (Lipinski definition) is 4. The molecule has 1 amide bonds. The van der Waals surface area contributed by atoms with Crippen molar-refractivity contribution >= 4 is 5.91 Å². The molecule has 0 aliphatic heterocycles. The predicted octanol–water partition coefficient (Wildman–Crippen LogP) is 2.41. The Labute approximate surface area is 150 Å². The molecular formula is C19H20FN5O. The monoisotopic (exact) mass is 353 g/mol. The van der Waals surface area contributed by atoms with Crippen LogP contribution >= 0.6 is 0 Å². The molecule has 2 heterocycles. The van der Waals surface area contributed by atoms with Gasteiger partial charge in [-0.1, -0.05) is 6.07 Å². The number of amides is 1. The molecule has 0 aliphatic carbocycles. The van der Waals surface area contributed by atoms with Gasteiger partial charge in [-0.25, -0.2) is 9.07 Å². The van der Waals surface area contributed by atoms with Crippen molar-refractivity contribution in [3.63, 3.8) is 0 Å². The number of aromatic nitrogens is 3. The standard InChI is InChI=1S/C19H20FN5O/c1-12-17(11-22-9-14-3-8-18(19(21)26)23-10-14)13(2)25(24-12)16-6-4-15(20)5-7-16/h3-8,10,22H,9,11H2,1-2H3,(H2,21,26). The highest BCUT2D eigenvalue weighted by molar-refractivity contribution is 5.90. The summed E-state index contributed by atoms with van der Waals surface area (Å²) in [6.45, 7) is 5.18. The highest BCUT2D eigenvalue weighted by Gasteiger charge is 2.12. The van der Waals surface area contributed by atoms with Crippen molar-refractivity contribution in [2.24, 2.45) is 5.73 Å². The molecule has 6 nitrogen and oxygen atoms in total. The van der Waals surface area contributed by atoms with Crippen LogP contribution < -0.4 is 11.1 Å². The first-order chi connectivity index (χ1) is 12.5. The molecule has 0 saturated carbocycles. The molecule has 3 N–H and O–H groups in total. The molecule has 3 aromatic rings. The van der Waals surface area contributed by atoms with Crippen molar-refractivity contribution in [3.05, 3.63) is 76.6 Å². The number of nitrogens with one attached hydrogen (secondary N) is 1. The number of benzene rings is 1. The van der Waals surface area contributed by atoms with Gasteiger partial charge in [0.25, 0.3) is 5.91 Å². The van der Waals surface area contributed by atoms with Crippen LogP contribution in [0.15, 0.2) is 42.6 Å². The van der Waals surface area contributed by atoms with Crippen LogP contribution in [0.25, 0.3) is 5.69 Å². The Morgan fingerprint density at radius 3 is 2.50 bits per heavy atom. The first-order valence-electron chi connectivity index (χ1n) is 8.22. The van der Waals surface area contributed by atoms with Crippen LogP contribution in [-0.4, -0.2) is 20.7 Å². The van der Waals surface area contributed by atoms with Crippen molar-refractivity contribution in [1.82, 2.24) is 20.1 Å². The van der Waals surface area contributed by atoms with E-state index < -0.39 is 5.91 Å². The van der Waals surface area contributed by atoms with E-state index in [1.54, 1.807) is 24.4 Å². The zero-order chi connectivity index (χ0) is 18.7. The molecule has 2 aromatic heterocycles. The van der Waals surface area contributed by atoms with E-state index in [0.717, 1.165) is 28.2 Å². The van der Waals surface area contributed by atoms with Gasteiger partial charge in [0, 0.05) is 30.5 Å². The molecular weight excluding hydrogens is 333 g/mol. The fourth-order valence-electron chi connectivity index (χ4n) is 2.77. The zero-order valence-corrected chi connectivity index (χ0v) is 14.7. The average Bonchev–Trinajstić information content (AvgIpc) is 2.91. The Morgan fingerprint density at radius 1 is 1.15 bits per heavy atom. The summed E-state index contributed by atoms with van der Waals surface area (Å²) in [5.74, 6) is -0.808. The van der Waals surface area contributed by atoms with Gasteiger partial charge in [0.15, 0.2) is 0 Å². The average molecular weight is 353 g/mol. The van der Waals surface area contributed by atoms with Gasteiger partial charge in [-0.15, -0.1) is 0 Å². The van der Waals surface area contributed by atoms with Crippen LogP contribution in [0.1, 0.15) is 33.0 Å². The van der Waals surface area contributed by atoms with Gasteiger partial charge >= 0.3 is 0 Å². The first kappa shape index (κ1) is 17.8. The highest BCUT2D eigenvalue weighted by Crippen LogP contribution is 2.18. The SMILES string of the molecule is Cc1nn(-c2ccc(F)cc2)c(C)c1CNCc1ccc(C(N)=O)nc1. The maximum Gasteiger partial charge on any atom is 0.267 e. The minimum Gasteiger partial charge on any atom is -0.364 e. The third-order valence-corrected chi connectivity index (χ3v) is 4.22. The second-order valence-electron chi connectivity index (χ2n) is 6.06. The maximum atomic E-state index is 13.1. The largest absolute Gasteiger partial charge is 0.364 e. The summed E-state index contributed by atoms with van der Waals surface area (Å²) in [5, 5.41) is 7.91. The van der Waals surface area contributed by atoms with E-state index >= 15 is 0 Å². The lowest BCUT2D eigenvalue weighted by Crippen LogP contribution is -2.16. The van der Waals surface area contributed by atoms with Crippen LogP contribution in [-0.2, 0) is 13.1 Å². The summed E-state index contributed by atoms with van der Waals surface area (Å²) in [4.78, 5) is 15.1. The molecule has 0 unspecified atom stereocenters. The third kappa shape index (κ3) is 3.78. The number of hydrogen-bond donors (Lipinski definition) is 2. The molecule has 0 atom stereocenters. The fraction of sp³-hybridized carbons (Fsp3) is 0.211. The number of primary amides is 1. The molecule has 0 spiro atoms. The second-order valence-corrected chi connectivity index (χ2v) is 6.06. The van der Waals surface area contributed by atoms with E-state index in [0.29, 0.717) is 13.1 Å². The van der Waals surface area contributed by atoms with Gasteiger partial charge in [-0.3, -0.25) is 9.78 Å². The molecule has 0 fully saturated rings. The molecule has 134 valence electrons. The molecule has 0 saturated heterocycles. The Bertz CT molecular complexity index is 916. The molecule has 26 heavy (non-hydrogen) atoms. The number of nitrogens with zero attached hydrogens (tertiary/aromatic N) is 3. The summed E-state index contributed by atoms with van der Waals surface area (Å²) in [6, 6.07) is 9.69. The van der Waals surface area contributed by atoms with E-state index in [9.17, 15) is 9.18 Å². The van der Waals surface area contributed by atoms with E-state index in [-0.39, 0.29) is 11.5 Å². The number of rotatable bonds is 6. The second kappa shape index (κ2) is 7.45. The molecule has 0 bridgehead atoms. The van der Waals surface area contributed by atoms with Gasteiger partial charge < -0.3 is 11.1 Å². The smallest absolute Gasteiger partial charge is 0.267 e. The molecule has 0 radical (unpaired) electrons. The predicted molar refractivity (Wildman–Crippen MR) is 96.3 cm³/mol. The van der Waals surface area contributed by atoms with Crippen LogP contribution in [0.4, 0.5) is 4.39 Å². The normalized spacial score (nSPS) is 10.9. The van der Waals surface area contributed by atoms with Crippen molar-refractivity contribution < 1.29 is 9.18 Å². The van der Waals surface area contributed by atoms with Crippen molar-refractivity contribution in [2.75, 3.05) is 0 Å². The Hall–Kier alpha value is -3.06. The minimum absolute atomic E-state index is 0.251. The molecule has 1 aromatic carbocycles. The van der Waals surface area contributed by atoms with Crippen molar-refractivity contribution in [1.29, 1.82) is 0 Å². The Kier molecular flexibility index (Phi) is 5.09. The van der Waals surface area contributed by atoms with Gasteiger partial charge in [-0.05, 0) is 49.7 Å². The Balaban J connectivity index is 1.68. The number of pyridine rings is 1. The molecule has 3 rings (SSSR count). The number of halogens is 1. The van der Waals surface area contributed by atoms with Crippen LogP contribution in [0.3, 0.4) is 0 Å². The summed E-state index contributed by atoms with van der Waals surface area (Å²) in [5.41, 5.74) is 10.2. The number of carbonyl (C=O) groups is 1. The van der Waals surface area contributed by atoms with Gasteiger partial charge in [0.05, 0.1) is 11.4 Å². The lowest BCUT2D eigenvalue weighted by molar-refractivity contribution is 0.0995. The maximum absolute atomic E-state index is 13.1. The lowest BCUT2D eigenvalue weighted by atomic mass is 10.2. The van der Waals surface area contributed by atoms with Gasteiger partial charge in [-0.2, -0.15) is 5.10 Å². The highest BCUT2D eigenvalue weighted by atomic mass is 19.1. The van der Waals surface area contributed by atoms with Crippen LogP contribution in [0, 0.1) is 19.7 Å². The number of nitrogens with two attached hydrogens (primary N) is 1. The lowest BCUT2D eigenvalue weighted by Gasteiger charge is -2.07. The molecule has 0 aliphatic rings. The number of carbonyl (C=O) groups excluding carboxylic acids is 1. The quantitative estimate of drug-likeness (QED) is 0.713. The summed E-state index contributed by atoms with van der Waals surface area (Å²) >= 11 is 0. The van der Waals surface area contributed by atoms with Crippen LogP contribution in [0.5, 0.6) is 0 Å². The Morgan fingerprint density at radius 2 is 1.88 bits per heavy atom. The summed E-state index contributed by atoms with van der Waals surface area (Å²) in [7, 11) is 0. The summed E-state index contributed by atoms with van der Waals surface area (Å²) < 4.78 is 14.9. The van der Waals surface area contributed by atoms with Crippen molar-refractivity contribution in [3.8, 4) is 5.69 Å². The van der Waals surface area contributed by atoms with Crippen LogP contribution in [0.2, 0.25) is 0 Å². The van der Waals surface area contributed by atoms with Gasteiger partial charge in [0.1, 0.15) is 11.5 Å².